The molecule has 0 fully saturated rings. The largest absolute Gasteiger partial charge is 0.505 e. The van der Waals surface area contributed by atoms with E-state index in [-0.39, 0.29) is 22.4 Å². The fourth-order valence-electron chi connectivity index (χ4n) is 2.97. The van der Waals surface area contributed by atoms with Gasteiger partial charge in [0.2, 0.25) is 5.88 Å². The van der Waals surface area contributed by atoms with Crippen molar-refractivity contribution in [1.82, 2.24) is 8.87 Å². The van der Waals surface area contributed by atoms with Crippen molar-refractivity contribution >= 4 is 26.9 Å². The number of alkyl halides is 3. The number of hydrogen-bond acceptors (Lipinski definition) is 6. The van der Waals surface area contributed by atoms with Gasteiger partial charge < -0.3 is 14.7 Å². The van der Waals surface area contributed by atoms with E-state index < -0.39 is 45.1 Å². The summed E-state index contributed by atoms with van der Waals surface area (Å²) in [6, 6.07) is 8.12. The minimum atomic E-state index is -5.41. The van der Waals surface area contributed by atoms with Crippen molar-refractivity contribution in [3.63, 3.8) is 0 Å². The van der Waals surface area contributed by atoms with Crippen LogP contribution in [0.4, 0.5) is 17.6 Å². The molecule has 3 aromatic rings. The molecule has 2 aromatic carbocycles. The molecule has 12 heteroatoms. The Kier molecular flexibility index (Phi) is 5.72. The summed E-state index contributed by atoms with van der Waals surface area (Å²) < 4.78 is 83.8. The Hall–Kier alpha value is -3.12. The highest BCUT2D eigenvalue weighted by Crippen LogP contribution is 2.38. The van der Waals surface area contributed by atoms with Crippen LogP contribution in [-0.4, -0.2) is 48.6 Å². The molecule has 0 aliphatic heterocycles. The zero-order valence-electron chi connectivity index (χ0n) is 16.1. The highest BCUT2D eigenvalue weighted by molar-refractivity contribution is 7.90. The maximum absolute atomic E-state index is 14.4. The van der Waals surface area contributed by atoms with Crippen molar-refractivity contribution in [2.45, 2.75) is 17.6 Å². The van der Waals surface area contributed by atoms with Crippen LogP contribution in [0.3, 0.4) is 0 Å². The van der Waals surface area contributed by atoms with Crippen molar-refractivity contribution in [2.75, 3.05) is 14.1 Å². The highest BCUT2D eigenvalue weighted by Gasteiger charge is 2.42. The summed E-state index contributed by atoms with van der Waals surface area (Å²) in [4.78, 5) is 12.6. The summed E-state index contributed by atoms with van der Waals surface area (Å²) in [6.07, 6.45) is -5.41. The van der Waals surface area contributed by atoms with Gasteiger partial charge in [-0.3, -0.25) is 0 Å². The van der Waals surface area contributed by atoms with Gasteiger partial charge in [-0.05, 0) is 26.2 Å². The van der Waals surface area contributed by atoms with E-state index in [0.717, 1.165) is 6.07 Å². The fourth-order valence-corrected chi connectivity index (χ4v) is 4.42. The average Bonchev–Trinajstić information content (AvgIpc) is 3.03. The van der Waals surface area contributed by atoms with Crippen molar-refractivity contribution in [3.8, 4) is 11.6 Å². The third kappa shape index (κ3) is 4.21. The van der Waals surface area contributed by atoms with Crippen LogP contribution in [0.5, 0.6) is 11.6 Å². The van der Waals surface area contributed by atoms with Crippen LogP contribution in [0.1, 0.15) is 5.56 Å². The number of aromatic hydroxyl groups is 1. The second-order valence-corrected chi connectivity index (χ2v) is 8.60. The number of halogens is 4. The van der Waals surface area contributed by atoms with Crippen molar-refractivity contribution in [3.05, 3.63) is 53.8 Å². The zero-order chi connectivity index (χ0) is 23.1. The molecule has 0 unspecified atom stereocenters. The van der Waals surface area contributed by atoms with E-state index in [0.29, 0.717) is 10.0 Å². The molecule has 0 saturated carbocycles. The van der Waals surface area contributed by atoms with Crippen LogP contribution >= 0.6 is 0 Å². The molecule has 1 N–H and O–H groups in total. The quantitative estimate of drug-likeness (QED) is 0.465. The van der Waals surface area contributed by atoms with Gasteiger partial charge in [-0.25, -0.2) is 21.6 Å². The van der Waals surface area contributed by atoms with Gasteiger partial charge in [-0.1, -0.05) is 18.2 Å². The van der Waals surface area contributed by atoms with Crippen molar-refractivity contribution < 1.29 is 40.6 Å². The van der Waals surface area contributed by atoms with E-state index in [1.165, 1.54) is 35.2 Å². The number of aromatic nitrogens is 1. The van der Waals surface area contributed by atoms with Gasteiger partial charge in [0.1, 0.15) is 0 Å². The zero-order valence-corrected chi connectivity index (χ0v) is 17.0. The van der Waals surface area contributed by atoms with Crippen molar-refractivity contribution in [2.24, 2.45) is 0 Å². The molecule has 31 heavy (non-hydrogen) atoms. The Morgan fingerprint density at radius 1 is 1.16 bits per heavy atom. The molecule has 7 nitrogen and oxygen atoms in total. The van der Waals surface area contributed by atoms with E-state index in [2.05, 4.69) is 4.74 Å². The summed E-state index contributed by atoms with van der Waals surface area (Å²) in [5.41, 5.74) is -0.493. The summed E-state index contributed by atoms with van der Waals surface area (Å²) in [7, 11) is -1.45. The predicted molar refractivity (Wildman–Crippen MR) is 102 cm³/mol. The molecule has 0 atom stereocenters. The molecule has 0 radical (unpaired) electrons. The maximum atomic E-state index is 14.4. The summed E-state index contributed by atoms with van der Waals surface area (Å²) in [5, 5.41) is 10.0. The molecule has 0 spiro atoms. The number of rotatable bonds is 5. The van der Waals surface area contributed by atoms with Crippen LogP contribution in [0.25, 0.3) is 10.9 Å². The molecule has 0 saturated heterocycles. The number of nitrogens with zero attached hydrogens (tertiary/aromatic N) is 2. The van der Waals surface area contributed by atoms with Crippen LogP contribution < -0.4 is 4.74 Å². The van der Waals surface area contributed by atoms with Gasteiger partial charge in [0, 0.05) is 29.6 Å². The minimum absolute atomic E-state index is 0.0812. The van der Waals surface area contributed by atoms with Crippen LogP contribution in [-0.2, 0) is 21.4 Å². The smallest absolute Gasteiger partial charge is 0.491 e. The Morgan fingerprint density at radius 2 is 1.77 bits per heavy atom. The first-order valence-corrected chi connectivity index (χ1v) is 10.1. The summed E-state index contributed by atoms with van der Waals surface area (Å²) >= 11 is 0. The molecular formula is C19H16F4N2O5S. The first-order chi connectivity index (χ1) is 14.3. The minimum Gasteiger partial charge on any atom is -0.505 e. The Labute approximate surface area is 174 Å². The Bertz CT molecular complexity index is 1250. The number of esters is 1. The van der Waals surface area contributed by atoms with Gasteiger partial charge in [0.15, 0.2) is 11.6 Å². The van der Waals surface area contributed by atoms with Crippen molar-refractivity contribution in [1.29, 1.82) is 0 Å². The monoisotopic (exact) mass is 460 g/mol. The van der Waals surface area contributed by atoms with Gasteiger partial charge in [-0.2, -0.15) is 13.2 Å². The lowest BCUT2D eigenvalue weighted by molar-refractivity contribution is -0.190. The van der Waals surface area contributed by atoms with Gasteiger partial charge >= 0.3 is 12.1 Å². The lowest BCUT2D eigenvalue weighted by atomic mass is 10.1. The molecule has 166 valence electrons. The topological polar surface area (TPSA) is 88.8 Å². The van der Waals surface area contributed by atoms with Gasteiger partial charge in [0.25, 0.3) is 10.0 Å². The number of carbonyl (C=O) groups excluding carboxylic acids is 1. The first-order valence-electron chi connectivity index (χ1n) is 8.64. The average molecular weight is 460 g/mol. The van der Waals surface area contributed by atoms with E-state index in [1.54, 1.807) is 14.1 Å². The highest BCUT2D eigenvalue weighted by atomic mass is 32.2. The van der Waals surface area contributed by atoms with Crippen LogP contribution in [0, 0.1) is 5.82 Å². The lowest BCUT2D eigenvalue weighted by Gasteiger charge is -2.14. The Morgan fingerprint density at radius 3 is 2.32 bits per heavy atom. The molecule has 1 heterocycles. The molecule has 1 aromatic heterocycles. The molecule has 0 amide bonds. The third-order valence-electron chi connectivity index (χ3n) is 4.25. The summed E-state index contributed by atoms with van der Waals surface area (Å²) in [6.45, 7) is -0.0812. The molecule has 0 aliphatic rings. The van der Waals surface area contributed by atoms with Crippen LogP contribution in [0.2, 0.25) is 0 Å². The number of hydrogen-bond donors (Lipinski definition) is 1. The lowest BCUT2D eigenvalue weighted by Crippen LogP contribution is -2.29. The predicted octanol–water partition coefficient (Wildman–Crippen LogP) is 3.25. The SMILES string of the molecule is CN(C)Cc1c(O)c(F)cc2c1cc(OC(=O)C(F)(F)F)n2S(=O)(=O)c1ccccc1. The number of carbonyl (C=O) groups is 1. The van der Waals surface area contributed by atoms with E-state index >= 15 is 0 Å². The number of ether oxygens (including phenoxy) is 1. The van der Waals surface area contributed by atoms with Crippen LogP contribution in [0.15, 0.2) is 47.4 Å². The van der Waals surface area contributed by atoms with Gasteiger partial charge in [0.05, 0.1) is 10.4 Å². The van der Waals surface area contributed by atoms with E-state index in [9.17, 15) is 35.9 Å². The standard InChI is InChI=1S/C19H16F4N2O5S/c1-24(2)10-13-12-8-16(30-18(27)19(21,22)23)25(15(12)9-14(20)17(13)26)31(28,29)11-6-4-3-5-7-11/h3-9,26H,10H2,1-2H3. The maximum Gasteiger partial charge on any atom is 0.491 e. The normalized spacial score (nSPS) is 12.5. The number of benzene rings is 2. The second kappa shape index (κ2) is 7.85. The number of phenols is 1. The Balaban J connectivity index is 2.38. The molecular weight excluding hydrogens is 444 g/mol. The third-order valence-corrected chi connectivity index (χ3v) is 5.97. The fraction of sp³-hybridized carbons (Fsp3) is 0.211. The molecule has 0 aliphatic carbocycles. The number of phenolic OH excluding ortho intramolecular Hbond substituents is 1. The molecule has 0 bridgehead atoms. The van der Waals surface area contributed by atoms with E-state index in [1.807, 2.05) is 0 Å². The number of fused-ring (bicyclic) bond motifs is 1. The molecule has 3 rings (SSSR count). The first kappa shape index (κ1) is 22.6. The van der Waals surface area contributed by atoms with Gasteiger partial charge in [-0.15, -0.1) is 0 Å². The summed E-state index contributed by atoms with van der Waals surface area (Å²) in [5.74, 6) is -5.64. The van der Waals surface area contributed by atoms with E-state index in [4.69, 9.17) is 0 Å². The second-order valence-electron chi connectivity index (χ2n) is 6.81.